The van der Waals surface area contributed by atoms with Crippen molar-refractivity contribution in [2.75, 3.05) is 0 Å². The molecule has 0 unspecified atom stereocenters. The minimum absolute atomic E-state index is 0.177. The van der Waals surface area contributed by atoms with Crippen LogP contribution in [0.1, 0.15) is 76.2 Å². The third-order valence-corrected chi connectivity index (χ3v) is 7.70. The molecule has 0 spiro atoms. The molecule has 6 atom stereocenters. The first-order chi connectivity index (χ1) is 13.1. The van der Waals surface area contributed by atoms with E-state index in [2.05, 4.69) is 19.1 Å². The van der Waals surface area contributed by atoms with Crippen LogP contribution in [0, 0.1) is 47.0 Å². The van der Waals surface area contributed by atoms with E-state index < -0.39 is 17.5 Å². The molecule has 0 N–H and O–H groups in total. The fourth-order valence-electron chi connectivity index (χ4n) is 6.45. The normalized spacial score (nSPS) is 36.4. The number of hydrogen-bond donors (Lipinski definition) is 0. The van der Waals surface area contributed by atoms with E-state index >= 15 is 0 Å². The summed E-state index contributed by atoms with van der Waals surface area (Å²) in [7, 11) is 0. The minimum atomic E-state index is -1.35. The molecule has 0 amide bonds. The van der Waals surface area contributed by atoms with Crippen molar-refractivity contribution < 1.29 is 13.2 Å². The third-order valence-electron chi connectivity index (χ3n) is 7.70. The highest BCUT2D eigenvalue weighted by Gasteiger charge is 2.44. The molecule has 3 heteroatoms. The summed E-state index contributed by atoms with van der Waals surface area (Å²) in [6, 6.07) is 2.45. The molecule has 0 aliphatic heterocycles. The predicted octanol–water partition coefficient (Wildman–Crippen LogP) is 7.40. The van der Waals surface area contributed by atoms with Crippen LogP contribution in [0.2, 0.25) is 0 Å². The van der Waals surface area contributed by atoms with Crippen LogP contribution in [0.3, 0.4) is 0 Å². The summed E-state index contributed by atoms with van der Waals surface area (Å²) in [5.74, 6) is 0.669. The molecular weight excluding hydrogens is 345 g/mol. The summed E-state index contributed by atoms with van der Waals surface area (Å²) < 4.78 is 40.6. The Kier molecular flexibility index (Phi) is 5.66. The Morgan fingerprint density at radius 2 is 1.48 bits per heavy atom. The lowest BCUT2D eigenvalue weighted by Gasteiger charge is -2.50. The van der Waals surface area contributed by atoms with Crippen molar-refractivity contribution in [3.05, 3.63) is 47.3 Å². The Balaban J connectivity index is 1.42. The van der Waals surface area contributed by atoms with Gasteiger partial charge in [-0.1, -0.05) is 19.1 Å². The second-order valence-electron chi connectivity index (χ2n) is 9.14. The second kappa shape index (κ2) is 8.01. The molecule has 1 aromatic rings. The third kappa shape index (κ3) is 3.84. The van der Waals surface area contributed by atoms with E-state index in [4.69, 9.17) is 0 Å². The van der Waals surface area contributed by atoms with E-state index in [1.54, 1.807) is 0 Å². The number of rotatable bonds is 3. The molecule has 148 valence electrons. The highest BCUT2D eigenvalue weighted by Crippen LogP contribution is 2.54. The lowest BCUT2D eigenvalue weighted by Crippen LogP contribution is -2.41. The van der Waals surface area contributed by atoms with Crippen LogP contribution in [-0.2, 0) is 0 Å². The van der Waals surface area contributed by atoms with Crippen molar-refractivity contribution in [3.8, 4) is 0 Å². The predicted molar refractivity (Wildman–Crippen MR) is 103 cm³/mol. The lowest BCUT2D eigenvalue weighted by molar-refractivity contribution is 0.0127. The van der Waals surface area contributed by atoms with Crippen LogP contribution in [0.25, 0.3) is 0 Å². The Hall–Kier alpha value is -1.25. The van der Waals surface area contributed by atoms with Crippen LogP contribution in [0.4, 0.5) is 13.2 Å². The number of allylic oxidation sites excluding steroid dienone is 2. The van der Waals surface area contributed by atoms with Gasteiger partial charge in [-0.15, -0.1) is 0 Å². The molecule has 1 aromatic carbocycles. The number of benzene rings is 1. The zero-order chi connectivity index (χ0) is 19.0. The Morgan fingerprint density at radius 1 is 0.852 bits per heavy atom. The van der Waals surface area contributed by atoms with Gasteiger partial charge in [-0.25, -0.2) is 13.2 Å². The van der Waals surface area contributed by atoms with Gasteiger partial charge in [0, 0.05) is 0 Å². The summed E-state index contributed by atoms with van der Waals surface area (Å²) in [5, 5.41) is 0. The molecule has 0 heterocycles. The summed E-state index contributed by atoms with van der Waals surface area (Å²) in [6.07, 6.45) is 15.6. The van der Waals surface area contributed by atoms with Gasteiger partial charge in [-0.3, -0.25) is 0 Å². The summed E-state index contributed by atoms with van der Waals surface area (Å²) >= 11 is 0. The van der Waals surface area contributed by atoms with Crippen LogP contribution < -0.4 is 0 Å². The van der Waals surface area contributed by atoms with Crippen molar-refractivity contribution in [3.63, 3.8) is 0 Å². The molecule has 0 nitrogen and oxygen atoms in total. The molecule has 0 saturated heterocycles. The van der Waals surface area contributed by atoms with E-state index in [-0.39, 0.29) is 5.92 Å². The van der Waals surface area contributed by atoms with Crippen molar-refractivity contribution in [1.82, 2.24) is 0 Å². The maximum Gasteiger partial charge on any atom is 0.194 e. The van der Waals surface area contributed by atoms with Gasteiger partial charge in [0.2, 0.25) is 0 Å². The van der Waals surface area contributed by atoms with E-state index in [1.165, 1.54) is 44.2 Å². The van der Waals surface area contributed by atoms with E-state index in [0.717, 1.165) is 49.4 Å². The van der Waals surface area contributed by atoms with Crippen LogP contribution >= 0.6 is 0 Å². The largest absolute Gasteiger partial charge is 0.204 e. The Labute approximate surface area is 161 Å². The van der Waals surface area contributed by atoms with Gasteiger partial charge < -0.3 is 0 Å². The van der Waals surface area contributed by atoms with Gasteiger partial charge >= 0.3 is 0 Å². The number of fused-ring (bicyclic) bond motifs is 3. The monoisotopic (exact) mass is 376 g/mol. The molecule has 3 saturated carbocycles. The van der Waals surface area contributed by atoms with E-state index in [1.807, 2.05) is 0 Å². The zero-order valence-corrected chi connectivity index (χ0v) is 16.3. The minimum Gasteiger partial charge on any atom is -0.204 e. The fourth-order valence-corrected chi connectivity index (χ4v) is 6.45. The van der Waals surface area contributed by atoms with Gasteiger partial charge in [0.25, 0.3) is 0 Å². The smallest absolute Gasteiger partial charge is 0.194 e. The number of halogens is 3. The topological polar surface area (TPSA) is 0 Å². The van der Waals surface area contributed by atoms with Gasteiger partial charge in [0.15, 0.2) is 17.5 Å². The van der Waals surface area contributed by atoms with Gasteiger partial charge in [0.05, 0.1) is 0 Å². The van der Waals surface area contributed by atoms with E-state index in [9.17, 15) is 13.2 Å². The highest BCUT2D eigenvalue weighted by atomic mass is 19.2. The molecule has 4 rings (SSSR count). The van der Waals surface area contributed by atoms with Crippen LogP contribution in [-0.4, -0.2) is 0 Å². The van der Waals surface area contributed by atoms with Gasteiger partial charge in [-0.05, 0) is 111 Å². The SMILES string of the molecule is CCC=C[C@@H]1CC[C@H]2[C@H](CC[C@H]3C[C@H](c4cc(F)c(F)c(F)c4)CC[C@@H]32)C1. The van der Waals surface area contributed by atoms with Crippen molar-refractivity contribution in [2.45, 2.75) is 70.6 Å². The van der Waals surface area contributed by atoms with Gasteiger partial charge in [-0.2, -0.15) is 0 Å². The molecule has 0 aromatic heterocycles. The maximum absolute atomic E-state index is 13.7. The Morgan fingerprint density at radius 3 is 2.15 bits per heavy atom. The molecule has 3 fully saturated rings. The molecular formula is C24H31F3. The molecule has 0 bridgehead atoms. The van der Waals surface area contributed by atoms with Crippen LogP contribution in [0.5, 0.6) is 0 Å². The average Bonchev–Trinajstić information content (AvgIpc) is 2.69. The second-order valence-corrected chi connectivity index (χ2v) is 9.14. The first-order valence-electron chi connectivity index (χ1n) is 10.9. The quantitative estimate of drug-likeness (QED) is 0.381. The molecule has 3 aliphatic rings. The number of hydrogen-bond acceptors (Lipinski definition) is 0. The highest BCUT2D eigenvalue weighted by molar-refractivity contribution is 5.24. The van der Waals surface area contributed by atoms with Crippen molar-refractivity contribution >= 4 is 0 Å². The van der Waals surface area contributed by atoms with Crippen LogP contribution in [0.15, 0.2) is 24.3 Å². The first-order valence-corrected chi connectivity index (χ1v) is 10.9. The standard InChI is InChI=1S/C24H31F3/c1-2-3-4-15-5-9-20-17(11-15)6-7-18-12-16(8-10-21(18)20)19-13-22(25)24(27)23(26)14-19/h3-4,13-18,20-21H,2,5-12H2,1H3/t15-,16-,17-,18+,20+,21+/m1/s1. The molecule has 3 aliphatic carbocycles. The fraction of sp³-hybridized carbons (Fsp3) is 0.667. The first kappa shape index (κ1) is 19.1. The summed E-state index contributed by atoms with van der Waals surface area (Å²) in [4.78, 5) is 0. The molecule has 27 heavy (non-hydrogen) atoms. The lowest BCUT2D eigenvalue weighted by atomic mass is 9.55. The van der Waals surface area contributed by atoms with Crippen molar-refractivity contribution in [2.24, 2.45) is 29.6 Å². The maximum atomic E-state index is 13.7. The van der Waals surface area contributed by atoms with Crippen molar-refractivity contribution in [1.29, 1.82) is 0 Å². The molecule has 0 radical (unpaired) electrons. The summed E-state index contributed by atoms with van der Waals surface area (Å²) in [5.41, 5.74) is 0.653. The van der Waals surface area contributed by atoms with Gasteiger partial charge in [0.1, 0.15) is 0 Å². The zero-order valence-electron chi connectivity index (χ0n) is 16.3. The average molecular weight is 377 g/mol. The summed E-state index contributed by atoms with van der Waals surface area (Å²) in [6.45, 7) is 2.20. The van der Waals surface area contributed by atoms with E-state index in [0.29, 0.717) is 11.5 Å². The Bertz CT molecular complexity index is 672.